The fourth-order valence-electron chi connectivity index (χ4n) is 3.07. The topological polar surface area (TPSA) is 74.2 Å². The third-order valence-corrected chi connectivity index (χ3v) is 5.06. The smallest absolute Gasteiger partial charge is 0.300 e. The Bertz CT molecular complexity index is 785. The second-order valence-corrected chi connectivity index (χ2v) is 7.64. The van der Waals surface area contributed by atoms with E-state index in [2.05, 4.69) is 21.7 Å². The highest BCUT2D eigenvalue weighted by Gasteiger charge is 2.27. The van der Waals surface area contributed by atoms with E-state index >= 15 is 0 Å². The summed E-state index contributed by atoms with van der Waals surface area (Å²) in [6.45, 7) is 2.03. The van der Waals surface area contributed by atoms with E-state index in [1.807, 2.05) is 30.5 Å². The number of nitrogens with zero attached hydrogens (tertiary/aromatic N) is 1. The Balaban J connectivity index is 0.000000481. The van der Waals surface area contributed by atoms with Gasteiger partial charge in [0.05, 0.1) is 0 Å². The van der Waals surface area contributed by atoms with Crippen molar-refractivity contribution in [2.75, 3.05) is 5.32 Å². The predicted molar refractivity (Wildman–Crippen MR) is 109 cm³/mol. The Morgan fingerprint density at radius 3 is 2.59 bits per heavy atom. The van der Waals surface area contributed by atoms with Crippen molar-refractivity contribution in [3.05, 3.63) is 52.7 Å². The molecule has 0 spiro atoms. The van der Waals surface area contributed by atoms with E-state index in [0.29, 0.717) is 6.04 Å². The molecule has 4 rings (SSSR count). The molecule has 5 nitrogen and oxygen atoms in total. The van der Waals surface area contributed by atoms with Crippen LogP contribution in [0.25, 0.3) is 0 Å². The summed E-state index contributed by atoms with van der Waals surface area (Å²) in [6, 6.07) is 10.7. The normalized spacial score (nSPS) is 16.1. The van der Waals surface area contributed by atoms with Gasteiger partial charge in [-0.2, -0.15) is 0 Å². The molecule has 6 heteroatoms. The zero-order valence-electron chi connectivity index (χ0n) is 15.5. The first-order valence-electron chi connectivity index (χ1n) is 9.45. The van der Waals surface area contributed by atoms with Gasteiger partial charge in [-0.1, -0.05) is 24.1 Å². The van der Waals surface area contributed by atoms with Crippen molar-refractivity contribution in [1.82, 2.24) is 10.3 Å². The molecule has 3 N–H and O–H groups in total. The number of carbonyl (C=O) groups is 1. The second-order valence-electron chi connectivity index (χ2n) is 7.21. The summed E-state index contributed by atoms with van der Waals surface area (Å²) in [4.78, 5) is 13.6. The maximum atomic E-state index is 9.00. The Morgan fingerprint density at radius 1 is 1.26 bits per heavy atom. The molecule has 2 aliphatic rings. The monoisotopic (exact) mass is 387 g/mol. The molecule has 1 aromatic carbocycles. The molecule has 1 aromatic heterocycles. The number of pyridine rings is 1. The number of aliphatic carboxylic acids is 1. The van der Waals surface area contributed by atoms with Gasteiger partial charge in [-0.3, -0.25) is 4.79 Å². The molecule has 1 heterocycles. The van der Waals surface area contributed by atoms with Crippen LogP contribution in [0.4, 0.5) is 11.5 Å². The standard InChI is InChI=1S/C19H22ClN3.C2H4O2/c20-15-3-1-6-17(9-15)23-19-10-18(13-7-8-13)14(12-22-19)11-21-16-4-2-5-16;1-2(3)4/h1,3,6,9-10,12-13,16,21H,2,4-5,7-8,11H2,(H,22,23);1H3,(H,3,4). The minimum atomic E-state index is -0.833. The minimum Gasteiger partial charge on any atom is -0.481 e. The van der Waals surface area contributed by atoms with Gasteiger partial charge in [0.1, 0.15) is 5.82 Å². The Kier molecular flexibility index (Phi) is 6.69. The molecule has 0 aliphatic heterocycles. The molecule has 27 heavy (non-hydrogen) atoms. The van der Waals surface area contributed by atoms with Crippen LogP contribution in [-0.4, -0.2) is 22.1 Å². The molecule has 2 aromatic rings. The second kappa shape index (κ2) is 9.20. The number of hydrogen-bond donors (Lipinski definition) is 3. The lowest BCUT2D eigenvalue weighted by molar-refractivity contribution is -0.134. The van der Waals surface area contributed by atoms with Gasteiger partial charge in [0.2, 0.25) is 0 Å². The van der Waals surface area contributed by atoms with E-state index in [-0.39, 0.29) is 0 Å². The summed E-state index contributed by atoms with van der Waals surface area (Å²) in [7, 11) is 0. The minimum absolute atomic E-state index is 0.714. The first kappa shape index (κ1) is 19.6. The number of benzene rings is 1. The Morgan fingerprint density at radius 2 is 2.00 bits per heavy atom. The molecule has 0 atom stereocenters. The molecule has 0 saturated heterocycles. The Labute approximate surface area is 165 Å². The van der Waals surface area contributed by atoms with E-state index in [4.69, 9.17) is 21.5 Å². The lowest BCUT2D eigenvalue weighted by atomic mass is 9.93. The summed E-state index contributed by atoms with van der Waals surface area (Å²) in [5.74, 6) is 0.790. The van der Waals surface area contributed by atoms with E-state index in [1.54, 1.807) is 0 Å². The maximum Gasteiger partial charge on any atom is 0.300 e. The van der Waals surface area contributed by atoms with Gasteiger partial charge < -0.3 is 15.7 Å². The average molecular weight is 388 g/mol. The first-order valence-corrected chi connectivity index (χ1v) is 9.83. The number of rotatable bonds is 6. The summed E-state index contributed by atoms with van der Waals surface area (Å²) in [5, 5.41) is 15.2. The lowest BCUT2D eigenvalue weighted by Crippen LogP contribution is -2.34. The van der Waals surface area contributed by atoms with Gasteiger partial charge in [-0.15, -0.1) is 0 Å². The highest BCUT2D eigenvalue weighted by Crippen LogP contribution is 2.42. The van der Waals surface area contributed by atoms with E-state index in [9.17, 15) is 0 Å². The van der Waals surface area contributed by atoms with Crippen LogP contribution in [-0.2, 0) is 11.3 Å². The average Bonchev–Trinajstić information content (AvgIpc) is 3.39. The van der Waals surface area contributed by atoms with Crippen LogP contribution in [0.15, 0.2) is 36.5 Å². The fourth-order valence-corrected chi connectivity index (χ4v) is 3.26. The molecule has 0 amide bonds. The highest BCUT2D eigenvalue weighted by atomic mass is 35.5. The van der Waals surface area contributed by atoms with Crippen molar-refractivity contribution in [1.29, 1.82) is 0 Å². The number of halogens is 1. The largest absolute Gasteiger partial charge is 0.481 e. The van der Waals surface area contributed by atoms with Crippen molar-refractivity contribution in [2.24, 2.45) is 0 Å². The van der Waals surface area contributed by atoms with Crippen LogP contribution in [0.1, 0.15) is 56.1 Å². The van der Waals surface area contributed by atoms with Gasteiger partial charge in [-0.25, -0.2) is 4.98 Å². The lowest BCUT2D eigenvalue weighted by Gasteiger charge is -2.27. The number of hydrogen-bond acceptors (Lipinski definition) is 4. The van der Waals surface area contributed by atoms with Crippen LogP contribution >= 0.6 is 11.6 Å². The molecular weight excluding hydrogens is 362 g/mol. The maximum absolute atomic E-state index is 9.00. The summed E-state index contributed by atoms with van der Waals surface area (Å²) < 4.78 is 0. The van der Waals surface area contributed by atoms with E-state index < -0.39 is 5.97 Å². The van der Waals surface area contributed by atoms with Gasteiger partial charge >= 0.3 is 0 Å². The summed E-state index contributed by atoms with van der Waals surface area (Å²) in [5.41, 5.74) is 3.79. The predicted octanol–water partition coefficient (Wildman–Crippen LogP) is 5.09. The molecule has 0 radical (unpaired) electrons. The molecule has 0 bridgehead atoms. The van der Waals surface area contributed by atoms with Crippen molar-refractivity contribution in [3.8, 4) is 0 Å². The zero-order valence-corrected chi connectivity index (χ0v) is 16.3. The molecule has 2 aliphatic carbocycles. The van der Waals surface area contributed by atoms with E-state index in [1.165, 1.54) is 43.2 Å². The number of anilines is 2. The molecular formula is C21H26ClN3O2. The SMILES string of the molecule is CC(=O)O.Clc1cccc(Nc2cc(C3CC3)c(CNC3CCC3)cn2)c1. The summed E-state index contributed by atoms with van der Waals surface area (Å²) >= 11 is 6.05. The fraction of sp³-hybridized carbons (Fsp3) is 0.429. The number of carboxylic acid groups (broad SMARTS) is 1. The number of carboxylic acids is 1. The van der Waals surface area contributed by atoms with Crippen molar-refractivity contribution >= 4 is 29.1 Å². The third-order valence-electron chi connectivity index (χ3n) is 4.82. The molecule has 144 valence electrons. The first-order chi connectivity index (χ1) is 13.0. The molecule has 0 unspecified atom stereocenters. The van der Waals surface area contributed by atoms with E-state index in [0.717, 1.165) is 35.9 Å². The quantitative estimate of drug-likeness (QED) is 0.643. The van der Waals surface area contributed by atoms with Crippen molar-refractivity contribution in [2.45, 2.75) is 57.5 Å². The van der Waals surface area contributed by atoms with Crippen LogP contribution in [0.2, 0.25) is 5.02 Å². The van der Waals surface area contributed by atoms with Crippen LogP contribution in [0.3, 0.4) is 0 Å². The number of nitrogens with one attached hydrogen (secondary N) is 2. The zero-order chi connectivity index (χ0) is 19.2. The third kappa shape index (κ3) is 6.22. The van der Waals surface area contributed by atoms with Gasteiger partial charge in [0.15, 0.2) is 0 Å². The highest BCUT2D eigenvalue weighted by molar-refractivity contribution is 6.30. The van der Waals surface area contributed by atoms with Gasteiger partial charge in [-0.05, 0) is 67.0 Å². The van der Waals surface area contributed by atoms with Gasteiger partial charge in [0, 0.05) is 36.4 Å². The van der Waals surface area contributed by atoms with Crippen molar-refractivity contribution < 1.29 is 9.90 Å². The molecule has 2 saturated carbocycles. The van der Waals surface area contributed by atoms with Gasteiger partial charge in [0.25, 0.3) is 5.97 Å². The summed E-state index contributed by atoms with van der Waals surface area (Å²) in [6.07, 6.45) is 8.65. The van der Waals surface area contributed by atoms with Crippen molar-refractivity contribution in [3.63, 3.8) is 0 Å². The Hall–Kier alpha value is -2.11. The van der Waals surface area contributed by atoms with Crippen LogP contribution in [0, 0.1) is 0 Å². The number of aromatic nitrogens is 1. The van der Waals surface area contributed by atoms with Crippen LogP contribution < -0.4 is 10.6 Å². The van der Waals surface area contributed by atoms with Crippen LogP contribution in [0.5, 0.6) is 0 Å². The molecule has 2 fully saturated rings.